The minimum Gasteiger partial charge on any atom is -0.468 e. The van der Waals surface area contributed by atoms with E-state index in [2.05, 4.69) is 0 Å². The molecule has 4 rings (SSSR count). The second-order valence-electron chi connectivity index (χ2n) is 6.53. The van der Waals surface area contributed by atoms with Crippen molar-refractivity contribution in [3.8, 4) is 0 Å². The van der Waals surface area contributed by atoms with Gasteiger partial charge >= 0.3 is 5.63 Å². The number of benzene rings is 1. The number of hydrogen-bond donors (Lipinski definition) is 0. The van der Waals surface area contributed by atoms with Gasteiger partial charge in [0.05, 0.1) is 11.5 Å². The van der Waals surface area contributed by atoms with Crippen LogP contribution in [-0.2, 0) is 15.6 Å². The largest absolute Gasteiger partial charge is 0.468 e. The van der Waals surface area contributed by atoms with E-state index < -0.39 is 26.6 Å². The summed E-state index contributed by atoms with van der Waals surface area (Å²) in [6.07, 6.45) is 1.75. The van der Waals surface area contributed by atoms with E-state index in [4.69, 9.17) is 8.83 Å². The minimum atomic E-state index is -3.47. The molecule has 0 N–H and O–H groups in total. The van der Waals surface area contributed by atoms with E-state index >= 15 is 0 Å². The highest BCUT2D eigenvalue weighted by atomic mass is 32.2. The third-order valence-electron chi connectivity index (χ3n) is 4.74. The standard InChI is InChI=1S/C19H17NO6S/c21-18(16-10-13-4-1-2-6-17(13)26-19(16)22)20-8-7-15(11-20)27(23,24)12-14-5-3-9-25-14/h1-6,9-10,15H,7-8,11-12H2. The maximum Gasteiger partial charge on any atom is 0.349 e. The zero-order chi connectivity index (χ0) is 19.0. The first-order chi connectivity index (χ1) is 12.9. The summed E-state index contributed by atoms with van der Waals surface area (Å²) in [5.41, 5.74) is -0.405. The monoisotopic (exact) mass is 387 g/mol. The Hall–Kier alpha value is -2.87. The number of para-hydroxylation sites is 1. The Morgan fingerprint density at radius 2 is 2.00 bits per heavy atom. The van der Waals surface area contributed by atoms with Gasteiger partial charge in [0, 0.05) is 18.5 Å². The summed E-state index contributed by atoms with van der Waals surface area (Å²) in [7, 11) is -3.47. The van der Waals surface area contributed by atoms with Crippen LogP contribution < -0.4 is 5.63 Å². The van der Waals surface area contributed by atoms with E-state index in [-0.39, 0.29) is 24.4 Å². The van der Waals surface area contributed by atoms with Crippen LogP contribution in [0.4, 0.5) is 0 Å². The van der Waals surface area contributed by atoms with Crippen LogP contribution in [0.15, 0.2) is 62.4 Å². The molecule has 1 fully saturated rings. The van der Waals surface area contributed by atoms with Gasteiger partial charge in [0.15, 0.2) is 9.84 Å². The Labute approximate surface area is 155 Å². The Bertz CT molecular complexity index is 1150. The van der Waals surface area contributed by atoms with Gasteiger partial charge in [-0.25, -0.2) is 13.2 Å². The van der Waals surface area contributed by atoms with Crippen molar-refractivity contribution < 1.29 is 22.0 Å². The molecule has 0 bridgehead atoms. The lowest BCUT2D eigenvalue weighted by atomic mass is 10.1. The van der Waals surface area contributed by atoms with Gasteiger partial charge in [0.1, 0.15) is 22.7 Å². The van der Waals surface area contributed by atoms with Crippen molar-refractivity contribution in [2.75, 3.05) is 13.1 Å². The fourth-order valence-corrected chi connectivity index (χ4v) is 4.97. The number of sulfone groups is 1. The summed E-state index contributed by atoms with van der Waals surface area (Å²) >= 11 is 0. The first-order valence-electron chi connectivity index (χ1n) is 8.50. The highest BCUT2D eigenvalue weighted by Crippen LogP contribution is 2.23. The van der Waals surface area contributed by atoms with Crippen LogP contribution in [0.2, 0.25) is 0 Å². The van der Waals surface area contributed by atoms with E-state index in [1.54, 1.807) is 36.4 Å². The molecular formula is C19H17NO6S. The number of rotatable bonds is 4. The smallest absolute Gasteiger partial charge is 0.349 e. The number of likely N-dealkylation sites (tertiary alicyclic amines) is 1. The molecule has 8 heteroatoms. The summed E-state index contributed by atoms with van der Waals surface area (Å²) in [5.74, 6) is -0.342. The fraction of sp³-hybridized carbons (Fsp3) is 0.263. The predicted octanol–water partition coefficient (Wildman–Crippen LogP) is 2.22. The third-order valence-corrected chi connectivity index (χ3v) is 6.82. The van der Waals surface area contributed by atoms with Crippen LogP contribution >= 0.6 is 0 Å². The molecule has 1 aliphatic heterocycles. The maximum absolute atomic E-state index is 12.8. The number of furan rings is 1. The Morgan fingerprint density at radius 1 is 1.19 bits per heavy atom. The second kappa shape index (κ2) is 6.70. The first-order valence-corrected chi connectivity index (χ1v) is 10.2. The molecule has 3 heterocycles. The third kappa shape index (κ3) is 3.40. The molecule has 1 saturated heterocycles. The predicted molar refractivity (Wildman–Crippen MR) is 98.1 cm³/mol. The minimum absolute atomic E-state index is 0.0497. The summed E-state index contributed by atoms with van der Waals surface area (Å²) in [6, 6.07) is 11.7. The summed E-state index contributed by atoms with van der Waals surface area (Å²) in [6.45, 7) is 0.321. The topological polar surface area (TPSA) is 97.8 Å². The second-order valence-corrected chi connectivity index (χ2v) is 8.81. The van der Waals surface area contributed by atoms with Crippen LogP contribution in [0.5, 0.6) is 0 Å². The van der Waals surface area contributed by atoms with Gasteiger partial charge in [-0.05, 0) is 30.7 Å². The van der Waals surface area contributed by atoms with Gasteiger partial charge in [-0.3, -0.25) is 4.79 Å². The van der Waals surface area contributed by atoms with E-state index in [1.807, 2.05) is 0 Å². The van der Waals surface area contributed by atoms with Gasteiger partial charge < -0.3 is 13.7 Å². The number of nitrogens with zero attached hydrogens (tertiary/aromatic N) is 1. The van der Waals surface area contributed by atoms with Crippen molar-refractivity contribution in [3.63, 3.8) is 0 Å². The van der Waals surface area contributed by atoms with Crippen LogP contribution in [0, 0.1) is 0 Å². The quantitative estimate of drug-likeness (QED) is 0.637. The molecule has 2 aromatic heterocycles. The average molecular weight is 387 g/mol. The van der Waals surface area contributed by atoms with E-state index in [9.17, 15) is 18.0 Å². The SMILES string of the molecule is O=C(c1cc2ccccc2oc1=O)N1CCC(S(=O)(=O)Cc2ccco2)C1. The lowest BCUT2D eigenvalue weighted by molar-refractivity contribution is 0.0789. The first kappa shape index (κ1) is 17.5. The van der Waals surface area contributed by atoms with Gasteiger partial charge in [-0.1, -0.05) is 18.2 Å². The molecule has 3 aromatic rings. The molecule has 0 saturated carbocycles. The molecule has 1 aliphatic rings. The Kier molecular flexibility index (Phi) is 4.35. The lowest BCUT2D eigenvalue weighted by Gasteiger charge is -2.16. The van der Waals surface area contributed by atoms with E-state index in [1.165, 1.54) is 17.2 Å². The van der Waals surface area contributed by atoms with Crippen molar-refractivity contribution in [3.05, 3.63) is 70.5 Å². The molecule has 27 heavy (non-hydrogen) atoms. The summed E-state index contributed by atoms with van der Waals surface area (Å²) < 4.78 is 35.5. The fourth-order valence-electron chi connectivity index (χ4n) is 3.30. The van der Waals surface area contributed by atoms with Crippen molar-refractivity contribution >= 4 is 26.7 Å². The maximum atomic E-state index is 12.8. The molecule has 1 amide bonds. The molecule has 0 radical (unpaired) electrons. The van der Waals surface area contributed by atoms with E-state index in [0.29, 0.717) is 23.2 Å². The molecule has 1 atom stereocenters. The highest BCUT2D eigenvalue weighted by molar-refractivity contribution is 7.91. The number of amides is 1. The lowest BCUT2D eigenvalue weighted by Crippen LogP contribution is -2.34. The van der Waals surface area contributed by atoms with Crippen LogP contribution in [0.3, 0.4) is 0 Å². The van der Waals surface area contributed by atoms with Crippen LogP contribution in [0.1, 0.15) is 22.5 Å². The highest BCUT2D eigenvalue weighted by Gasteiger charge is 2.36. The van der Waals surface area contributed by atoms with Crippen LogP contribution in [-0.4, -0.2) is 37.6 Å². The van der Waals surface area contributed by atoms with Gasteiger partial charge in [0.25, 0.3) is 5.91 Å². The number of carbonyl (C=O) groups excluding carboxylic acids is 1. The Morgan fingerprint density at radius 3 is 2.78 bits per heavy atom. The van der Waals surface area contributed by atoms with Crippen molar-refractivity contribution in [1.29, 1.82) is 0 Å². The number of fused-ring (bicyclic) bond motifs is 1. The zero-order valence-electron chi connectivity index (χ0n) is 14.3. The van der Waals surface area contributed by atoms with Gasteiger partial charge in [-0.15, -0.1) is 0 Å². The Balaban J connectivity index is 1.54. The van der Waals surface area contributed by atoms with Gasteiger partial charge in [0.2, 0.25) is 0 Å². The average Bonchev–Trinajstić information content (AvgIpc) is 3.32. The van der Waals surface area contributed by atoms with Crippen molar-refractivity contribution in [1.82, 2.24) is 4.90 Å². The summed E-state index contributed by atoms with van der Waals surface area (Å²) in [5, 5.41) is -0.0410. The molecule has 140 valence electrons. The van der Waals surface area contributed by atoms with Crippen molar-refractivity contribution in [2.45, 2.75) is 17.4 Å². The summed E-state index contributed by atoms with van der Waals surface area (Å²) in [4.78, 5) is 26.3. The number of hydrogen-bond acceptors (Lipinski definition) is 6. The molecule has 7 nitrogen and oxygen atoms in total. The molecule has 1 aromatic carbocycles. The van der Waals surface area contributed by atoms with Crippen molar-refractivity contribution in [2.24, 2.45) is 0 Å². The molecule has 0 aliphatic carbocycles. The van der Waals surface area contributed by atoms with E-state index in [0.717, 1.165) is 0 Å². The van der Waals surface area contributed by atoms with Gasteiger partial charge in [-0.2, -0.15) is 0 Å². The molecule has 1 unspecified atom stereocenters. The van der Waals surface area contributed by atoms with Crippen LogP contribution in [0.25, 0.3) is 11.0 Å². The zero-order valence-corrected chi connectivity index (χ0v) is 15.1. The molecule has 0 spiro atoms. The normalized spacial score (nSPS) is 17.5. The molecular weight excluding hydrogens is 370 g/mol. The number of carbonyl (C=O) groups is 1.